The van der Waals surface area contributed by atoms with Crippen molar-refractivity contribution < 1.29 is 19.1 Å². The number of thioether (sulfide) groups is 1. The van der Waals surface area contributed by atoms with Crippen LogP contribution in [0.15, 0.2) is 47.5 Å². The number of pyridine rings is 2. The molecule has 2 amide bonds. The topological polar surface area (TPSA) is 109 Å². The Bertz CT molecular complexity index is 1380. The number of nitrogens with one attached hydrogen (secondary N) is 2. The number of aromatic nitrogens is 2. The van der Waals surface area contributed by atoms with Crippen LogP contribution >= 0.6 is 11.8 Å². The van der Waals surface area contributed by atoms with Gasteiger partial charge in [-0.1, -0.05) is 0 Å². The average Bonchev–Trinajstić information content (AvgIpc) is 3.58. The van der Waals surface area contributed by atoms with Crippen molar-refractivity contribution >= 4 is 46.2 Å². The summed E-state index contributed by atoms with van der Waals surface area (Å²) in [4.78, 5) is 38.9. The molecule has 2 aromatic heterocycles. The SMILES string of the molecule is COc1ccc2nccc([C@@H](C3CCNC3)N(C)CC3CN(c4ccc5c(c4)NC(=O)CS5)C(=O)O3)c2n1. The van der Waals surface area contributed by atoms with Crippen molar-refractivity contribution in [3.8, 4) is 5.88 Å². The minimum absolute atomic E-state index is 0.0358. The smallest absolute Gasteiger partial charge is 0.414 e. The lowest BCUT2D eigenvalue weighted by Crippen LogP contribution is -2.38. The third-order valence-corrected chi connectivity index (χ3v) is 8.48. The van der Waals surface area contributed by atoms with Gasteiger partial charge in [0, 0.05) is 35.4 Å². The van der Waals surface area contributed by atoms with Crippen LogP contribution in [0.1, 0.15) is 18.0 Å². The molecule has 3 aliphatic heterocycles. The standard InChI is InChI=1S/C27H30N6O4S/c1-32(13-18-14-33(27(35)37-18)17-3-5-22-21(11-17)30-23(34)15-38-22)26(16-7-9-28-12-16)19-8-10-29-20-4-6-24(36-2)31-25(19)20/h3-6,8,10-11,16,18,26,28H,7,9,12-15H2,1-2H3,(H,30,34)/t16?,18?,26-/m1/s1. The fourth-order valence-corrected chi connectivity index (χ4v) is 6.47. The summed E-state index contributed by atoms with van der Waals surface area (Å²) in [5.74, 6) is 1.29. The molecule has 0 bridgehead atoms. The van der Waals surface area contributed by atoms with E-state index in [0.717, 1.165) is 52.4 Å². The predicted molar refractivity (Wildman–Crippen MR) is 146 cm³/mol. The van der Waals surface area contributed by atoms with Gasteiger partial charge >= 0.3 is 6.09 Å². The Hall–Kier alpha value is -3.41. The highest BCUT2D eigenvalue weighted by Crippen LogP contribution is 2.38. The van der Waals surface area contributed by atoms with E-state index in [1.54, 1.807) is 12.0 Å². The molecule has 10 nitrogen and oxygen atoms in total. The number of ether oxygens (including phenoxy) is 2. The van der Waals surface area contributed by atoms with Gasteiger partial charge in [0.25, 0.3) is 0 Å². The molecule has 0 spiro atoms. The minimum Gasteiger partial charge on any atom is -0.481 e. The van der Waals surface area contributed by atoms with Crippen molar-refractivity contribution in [1.29, 1.82) is 0 Å². The van der Waals surface area contributed by atoms with Crippen molar-refractivity contribution in [2.75, 3.05) is 56.3 Å². The first-order valence-corrected chi connectivity index (χ1v) is 13.7. The second-order valence-corrected chi connectivity index (χ2v) is 10.9. The number of cyclic esters (lactones) is 1. The minimum atomic E-state index is -0.377. The highest BCUT2D eigenvalue weighted by Gasteiger charge is 2.37. The number of methoxy groups -OCH3 is 1. The molecule has 3 aliphatic rings. The molecule has 3 aromatic rings. The summed E-state index contributed by atoms with van der Waals surface area (Å²) in [5, 5.41) is 6.39. The number of hydrogen-bond acceptors (Lipinski definition) is 9. The van der Waals surface area contributed by atoms with E-state index in [9.17, 15) is 9.59 Å². The Labute approximate surface area is 225 Å². The van der Waals surface area contributed by atoms with E-state index >= 15 is 0 Å². The fraction of sp³-hybridized carbons (Fsp3) is 0.407. The van der Waals surface area contributed by atoms with Crippen molar-refractivity contribution in [3.63, 3.8) is 0 Å². The predicted octanol–water partition coefficient (Wildman–Crippen LogP) is 3.29. The van der Waals surface area contributed by atoms with Crippen LogP contribution in [0.25, 0.3) is 11.0 Å². The van der Waals surface area contributed by atoms with Gasteiger partial charge in [-0.15, -0.1) is 11.8 Å². The van der Waals surface area contributed by atoms with Crippen LogP contribution in [0.4, 0.5) is 16.2 Å². The molecule has 11 heteroatoms. The molecule has 5 heterocycles. The summed E-state index contributed by atoms with van der Waals surface area (Å²) in [6, 6.07) is 11.6. The number of hydrogen-bond donors (Lipinski definition) is 2. The fourth-order valence-electron chi connectivity index (χ4n) is 5.68. The molecule has 0 saturated carbocycles. The molecule has 2 N–H and O–H groups in total. The normalized spacial score (nSPS) is 21.9. The summed E-state index contributed by atoms with van der Waals surface area (Å²) < 4.78 is 11.2. The average molecular weight is 535 g/mol. The summed E-state index contributed by atoms with van der Waals surface area (Å²) in [5.41, 5.74) is 4.20. The second-order valence-electron chi connectivity index (χ2n) is 9.89. The number of anilines is 2. The van der Waals surface area contributed by atoms with E-state index in [4.69, 9.17) is 14.5 Å². The molecule has 38 heavy (non-hydrogen) atoms. The van der Waals surface area contributed by atoms with Gasteiger partial charge in [-0.25, -0.2) is 9.78 Å². The van der Waals surface area contributed by atoms with Gasteiger partial charge in [0.2, 0.25) is 11.8 Å². The van der Waals surface area contributed by atoms with E-state index in [-0.39, 0.29) is 24.1 Å². The van der Waals surface area contributed by atoms with Gasteiger partial charge in [0.05, 0.1) is 36.1 Å². The van der Waals surface area contributed by atoms with E-state index in [0.29, 0.717) is 30.6 Å². The molecule has 0 radical (unpaired) electrons. The van der Waals surface area contributed by atoms with Crippen LogP contribution < -0.4 is 20.3 Å². The maximum absolute atomic E-state index is 12.9. The largest absolute Gasteiger partial charge is 0.481 e. The maximum atomic E-state index is 12.9. The number of benzene rings is 1. The number of nitrogens with zero attached hydrogens (tertiary/aromatic N) is 4. The molecule has 6 rings (SSSR count). The van der Waals surface area contributed by atoms with Gasteiger partial charge in [0.15, 0.2) is 0 Å². The lowest BCUT2D eigenvalue weighted by atomic mass is 9.90. The zero-order chi connectivity index (χ0) is 26.2. The first-order valence-electron chi connectivity index (χ1n) is 12.8. The van der Waals surface area contributed by atoms with E-state index in [1.165, 1.54) is 11.8 Å². The van der Waals surface area contributed by atoms with Gasteiger partial charge in [0.1, 0.15) is 6.10 Å². The Balaban J connectivity index is 1.24. The first-order chi connectivity index (χ1) is 18.5. The Morgan fingerprint density at radius 1 is 1.26 bits per heavy atom. The van der Waals surface area contributed by atoms with E-state index in [2.05, 4.69) is 27.6 Å². The molecule has 3 atom stereocenters. The monoisotopic (exact) mass is 534 g/mol. The molecular weight excluding hydrogens is 504 g/mol. The Morgan fingerprint density at radius 2 is 2.16 bits per heavy atom. The second kappa shape index (κ2) is 10.4. The summed E-state index contributed by atoms with van der Waals surface area (Å²) in [7, 11) is 3.70. The summed E-state index contributed by atoms with van der Waals surface area (Å²) >= 11 is 1.50. The quantitative estimate of drug-likeness (QED) is 0.472. The highest BCUT2D eigenvalue weighted by molar-refractivity contribution is 8.00. The molecule has 1 aromatic carbocycles. The molecule has 0 aliphatic carbocycles. The Kier molecular flexibility index (Phi) is 6.81. The number of carbonyl (C=O) groups excluding carboxylic acids is 2. The van der Waals surface area contributed by atoms with Gasteiger partial charge < -0.3 is 20.1 Å². The third kappa shape index (κ3) is 4.77. The number of carbonyl (C=O) groups is 2. The van der Waals surface area contributed by atoms with E-state index in [1.807, 2.05) is 42.6 Å². The lowest BCUT2D eigenvalue weighted by molar-refractivity contribution is -0.113. The zero-order valence-corrected chi connectivity index (χ0v) is 22.2. The molecule has 2 unspecified atom stereocenters. The zero-order valence-electron chi connectivity index (χ0n) is 21.3. The van der Waals surface area contributed by atoms with Crippen molar-refractivity contribution in [1.82, 2.24) is 20.2 Å². The van der Waals surface area contributed by atoms with Crippen molar-refractivity contribution in [3.05, 3.63) is 48.2 Å². The van der Waals surface area contributed by atoms with Crippen LogP contribution in [-0.2, 0) is 9.53 Å². The van der Waals surface area contributed by atoms with Crippen LogP contribution in [0.3, 0.4) is 0 Å². The molecule has 198 valence electrons. The lowest BCUT2D eigenvalue weighted by Gasteiger charge is -2.34. The van der Waals surface area contributed by atoms with Crippen LogP contribution in [-0.4, -0.2) is 79.1 Å². The Morgan fingerprint density at radius 3 is 2.97 bits per heavy atom. The van der Waals surface area contributed by atoms with Gasteiger partial charge in [-0.2, -0.15) is 0 Å². The molecule has 2 saturated heterocycles. The molecular formula is C27H30N6O4S. The van der Waals surface area contributed by atoms with Gasteiger partial charge in [-0.3, -0.25) is 19.6 Å². The van der Waals surface area contributed by atoms with Crippen molar-refractivity contribution in [2.45, 2.75) is 23.5 Å². The number of rotatable bonds is 7. The van der Waals surface area contributed by atoms with Crippen LogP contribution in [0.5, 0.6) is 5.88 Å². The van der Waals surface area contributed by atoms with Crippen LogP contribution in [0.2, 0.25) is 0 Å². The number of amides is 2. The third-order valence-electron chi connectivity index (χ3n) is 7.41. The number of fused-ring (bicyclic) bond motifs is 2. The van der Waals surface area contributed by atoms with Crippen LogP contribution in [0, 0.1) is 5.92 Å². The first kappa shape index (κ1) is 24.9. The van der Waals surface area contributed by atoms with E-state index < -0.39 is 0 Å². The highest BCUT2D eigenvalue weighted by atomic mass is 32.2. The number of likely N-dealkylation sites (N-methyl/N-ethyl adjacent to an activating group) is 1. The maximum Gasteiger partial charge on any atom is 0.414 e. The van der Waals surface area contributed by atoms with Gasteiger partial charge in [-0.05, 0) is 68.4 Å². The summed E-state index contributed by atoms with van der Waals surface area (Å²) in [6.45, 7) is 2.86. The van der Waals surface area contributed by atoms with Crippen molar-refractivity contribution in [2.24, 2.45) is 5.92 Å². The summed E-state index contributed by atoms with van der Waals surface area (Å²) in [6.07, 6.45) is 2.19. The molecule has 2 fully saturated rings.